The van der Waals surface area contributed by atoms with Gasteiger partial charge in [0.05, 0.1) is 12.2 Å². The lowest BCUT2D eigenvalue weighted by Gasteiger charge is -2.30. The number of aliphatic hydroxyl groups is 1. The van der Waals surface area contributed by atoms with Crippen LogP contribution in [0.3, 0.4) is 0 Å². The van der Waals surface area contributed by atoms with Crippen molar-refractivity contribution in [2.24, 2.45) is 0 Å². The number of nitrogens with zero attached hydrogens (tertiary/aromatic N) is 1. The maximum absolute atomic E-state index is 10.3. The van der Waals surface area contributed by atoms with Gasteiger partial charge in [-0.2, -0.15) is 0 Å². The second-order valence-electron chi connectivity index (χ2n) is 4.67. The topological polar surface area (TPSA) is 32.7 Å². The first-order chi connectivity index (χ1) is 6.79. The van der Waals surface area contributed by atoms with E-state index in [-0.39, 0.29) is 5.60 Å². The van der Waals surface area contributed by atoms with Crippen LogP contribution in [0.2, 0.25) is 0 Å². The third kappa shape index (κ3) is 2.69. The molecule has 1 aliphatic heterocycles. The molecule has 14 heavy (non-hydrogen) atoms. The minimum atomic E-state index is -0.385. The average Bonchev–Trinajstić information content (AvgIpc) is 2.43. The van der Waals surface area contributed by atoms with Crippen molar-refractivity contribution in [3.05, 3.63) is 0 Å². The highest BCUT2D eigenvalue weighted by Crippen LogP contribution is 2.30. The van der Waals surface area contributed by atoms with Crippen LogP contribution in [-0.2, 0) is 4.74 Å². The summed E-state index contributed by atoms with van der Waals surface area (Å²) >= 11 is 0. The molecule has 0 unspecified atom stereocenters. The van der Waals surface area contributed by atoms with Gasteiger partial charge in [-0.15, -0.1) is 0 Å². The van der Waals surface area contributed by atoms with Crippen LogP contribution >= 0.6 is 0 Å². The van der Waals surface area contributed by atoms with E-state index in [2.05, 4.69) is 4.90 Å². The molecular formula is C11H21NO2. The number of rotatable bonds is 2. The van der Waals surface area contributed by atoms with Gasteiger partial charge in [-0.25, -0.2) is 0 Å². The normalized spacial score (nSPS) is 28.9. The van der Waals surface area contributed by atoms with E-state index < -0.39 is 0 Å². The van der Waals surface area contributed by atoms with E-state index >= 15 is 0 Å². The zero-order chi connectivity index (χ0) is 9.86. The van der Waals surface area contributed by atoms with E-state index in [1.54, 1.807) is 0 Å². The number of hydrogen-bond donors (Lipinski definition) is 1. The Morgan fingerprint density at radius 2 is 1.86 bits per heavy atom. The summed E-state index contributed by atoms with van der Waals surface area (Å²) in [6.07, 6.45) is 5.48. The van der Waals surface area contributed by atoms with Crippen molar-refractivity contribution in [3.8, 4) is 0 Å². The minimum absolute atomic E-state index is 0.385. The molecule has 1 N–H and O–H groups in total. The average molecular weight is 199 g/mol. The molecule has 0 spiro atoms. The van der Waals surface area contributed by atoms with Crippen LogP contribution < -0.4 is 0 Å². The van der Waals surface area contributed by atoms with E-state index in [1.165, 1.54) is 12.8 Å². The summed E-state index contributed by atoms with van der Waals surface area (Å²) in [7, 11) is 0. The molecule has 3 nitrogen and oxygen atoms in total. The van der Waals surface area contributed by atoms with Gasteiger partial charge in [0.1, 0.15) is 0 Å². The van der Waals surface area contributed by atoms with Gasteiger partial charge < -0.3 is 9.84 Å². The van der Waals surface area contributed by atoms with Crippen LogP contribution in [0.15, 0.2) is 0 Å². The molecule has 3 heteroatoms. The van der Waals surface area contributed by atoms with E-state index in [4.69, 9.17) is 4.74 Å². The highest BCUT2D eigenvalue weighted by molar-refractivity contribution is 4.87. The summed E-state index contributed by atoms with van der Waals surface area (Å²) in [6.45, 7) is 4.64. The maximum atomic E-state index is 10.3. The van der Waals surface area contributed by atoms with Gasteiger partial charge in [0.15, 0.2) is 0 Å². The van der Waals surface area contributed by atoms with Crippen molar-refractivity contribution in [2.75, 3.05) is 32.8 Å². The quantitative estimate of drug-likeness (QED) is 0.720. The Kier molecular flexibility index (Phi) is 3.42. The van der Waals surface area contributed by atoms with Gasteiger partial charge in [0.2, 0.25) is 0 Å². The van der Waals surface area contributed by atoms with Crippen LogP contribution in [0.4, 0.5) is 0 Å². The third-order valence-electron chi connectivity index (χ3n) is 3.37. The Hall–Kier alpha value is -0.120. The highest BCUT2D eigenvalue weighted by Gasteiger charge is 2.32. The molecule has 0 aromatic carbocycles. The van der Waals surface area contributed by atoms with Gasteiger partial charge in [-0.05, 0) is 19.3 Å². The van der Waals surface area contributed by atoms with Crippen molar-refractivity contribution in [1.82, 2.24) is 4.90 Å². The van der Waals surface area contributed by atoms with Gasteiger partial charge in [-0.1, -0.05) is 12.8 Å². The molecule has 1 aliphatic carbocycles. The molecular weight excluding hydrogens is 178 g/mol. The van der Waals surface area contributed by atoms with Gasteiger partial charge in [0, 0.05) is 26.2 Å². The predicted molar refractivity (Wildman–Crippen MR) is 55.3 cm³/mol. The molecule has 1 heterocycles. The fraction of sp³-hybridized carbons (Fsp3) is 1.00. The standard InChI is InChI=1S/C11H21NO2/c13-11(4-1-2-5-11)10-12-6-3-8-14-9-7-12/h13H,1-10H2. The fourth-order valence-corrected chi connectivity index (χ4v) is 2.56. The largest absolute Gasteiger partial charge is 0.389 e. The zero-order valence-electron chi connectivity index (χ0n) is 8.87. The summed E-state index contributed by atoms with van der Waals surface area (Å²) in [5.74, 6) is 0. The van der Waals surface area contributed by atoms with Gasteiger partial charge >= 0.3 is 0 Å². The summed E-state index contributed by atoms with van der Waals surface area (Å²) in [4.78, 5) is 2.36. The van der Waals surface area contributed by atoms with E-state index in [1.807, 2.05) is 0 Å². The van der Waals surface area contributed by atoms with Crippen molar-refractivity contribution in [3.63, 3.8) is 0 Å². The number of hydrogen-bond acceptors (Lipinski definition) is 3. The second kappa shape index (κ2) is 4.60. The summed E-state index contributed by atoms with van der Waals surface area (Å²) in [5, 5.41) is 10.3. The summed E-state index contributed by atoms with van der Waals surface area (Å²) < 4.78 is 5.40. The second-order valence-corrected chi connectivity index (χ2v) is 4.67. The lowest BCUT2D eigenvalue weighted by atomic mass is 10.0. The summed E-state index contributed by atoms with van der Waals surface area (Å²) in [6, 6.07) is 0. The van der Waals surface area contributed by atoms with Crippen LogP contribution in [0.1, 0.15) is 32.1 Å². The van der Waals surface area contributed by atoms with Crippen molar-refractivity contribution in [1.29, 1.82) is 0 Å². The summed E-state index contributed by atoms with van der Waals surface area (Å²) in [5.41, 5.74) is -0.385. The van der Waals surface area contributed by atoms with Crippen LogP contribution in [0.25, 0.3) is 0 Å². The molecule has 0 aromatic heterocycles. The third-order valence-corrected chi connectivity index (χ3v) is 3.37. The Bertz CT molecular complexity index is 170. The molecule has 0 atom stereocenters. The monoisotopic (exact) mass is 199 g/mol. The fourth-order valence-electron chi connectivity index (χ4n) is 2.56. The SMILES string of the molecule is OC1(CN2CCCOCC2)CCCC1. The molecule has 0 amide bonds. The molecule has 1 saturated carbocycles. The van der Waals surface area contributed by atoms with Crippen LogP contribution in [-0.4, -0.2) is 48.5 Å². The Balaban J connectivity index is 1.82. The lowest BCUT2D eigenvalue weighted by Crippen LogP contribution is -2.42. The minimum Gasteiger partial charge on any atom is -0.389 e. The first-order valence-corrected chi connectivity index (χ1v) is 5.81. The smallest absolute Gasteiger partial charge is 0.0774 e. The molecule has 2 aliphatic rings. The first-order valence-electron chi connectivity index (χ1n) is 5.81. The molecule has 0 aromatic rings. The molecule has 2 rings (SSSR count). The maximum Gasteiger partial charge on any atom is 0.0774 e. The molecule has 82 valence electrons. The van der Waals surface area contributed by atoms with E-state index in [0.29, 0.717) is 0 Å². The van der Waals surface area contributed by atoms with E-state index in [9.17, 15) is 5.11 Å². The Morgan fingerprint density at radius 1 is 1.07 bits per heavy atom. The lowest BCUT2D eigenvalue weighted by molar-refractivity contribution is 0.00888. The van der Waals surface area contributed by atoms with Crippen molar-refractivity contribution >= 4 is 0 Å². The number of ether oxygens (including phenoxy) is 1. The Morgan fingerprint density at radius 3 is 2.64 bits per heavy atom. The van der Waals surface area contributed by atoms with E-state index in [0.717, 1.165) is 52.1 Å². The Labute approximate surface area is 86.0 Å². The molecule has 0 bridgehead atoms. The van der Waals surface area contributed by atoms with Gasteiger partial charge in [-0.3, -0.25) is 4.90 Å². The van der Waals surface area contributed by atoms with Crippen molar-refractivity contribution < 1.29 is 9.84 Å². The van der Waals surface area contributed by atoms with Crippen molar-refractivity contribution in [2.45, 2.75) is 37.7 Å². The highest BCUT2D eigenvalue weighted by atomic mass is 16.5. The molecule has 1 saturated heterocycles. The number of β-amino-alcohol motifs (C(OH)–C–C–N with tert-alkyl or cyclic N) is 1. The molecule has 0 radical (unpaired) electrons. The zero-order valence-corrected chi connectivity index (χ0v) is 8.87. The molecule has 2 fully saturated rings. The predicted octanol–water partition coefficient (Wildman–Crippen LogP) is 1.01. The van der Waals surface area contributed by atoms with Crippen LogP contribution in [0.5, 0.6) is 0 Å². The first kappa shape index (κ1) is 10.4. The van der Waals surface area contributed by atoms with Crippen LogP contribution in [0, 0.1) is 0 Å². The van der Waals surface area contributed by atoms with Gasteiger partial charge in [0.25, 0.3) is 0 Å².